The predicted molar refractivity (Wildman–Crippen MR) is 116 cm³/mol. The van der Waals surface area contributed by atoms with Crippen molar-refractivity contribution in [1.82, 2.24) is 0 Å². The molecule has 0 saturated carbocycles. The summed E-state index contributed by atoms with van der Waals surface area (Å²) in [4.78, 5) is 47.7. The van der Waals surface area contributed by atoms with Gasteiger partial charge in [-0.15, -0.1) is 0 Å². The van der Waals surface area contributed by atoms with Gasteiger partial charge in [0.1, 0.15) is 17.8 Å². The van der Waals surface area contributed by atoms with Gasteiger partial charge in [0.15, 0.2) is 6.10 Å². The van der Waals surface area contributed by atoms with Crippen LogP contribution in [0.1, 0.15) is 54.4 Å². The van der Waals surface area contributed by atoms with Crippen LogP contribution >= 0.6 is 0 Å². The van der Waals surface area contributed by atoms with Gasteiger partial charge in [0, 0.05) is 25.8 Å². The van der Waals surface area contributed by atoms with E-state index in [9.17, 15) is 19.2 Å². The maximum absolute atomic E-state index is 12.7. The highest BCUT2D eigenvalue weighted by Gasteiger charge is 2.68. The van der Waals surface area contributed by atoms with E-state index in [2.05, 4.69) is 0 Å². The second-order valence-electron chi connectivity index (χ2n) is 9.80. The largest absolute Gasteiger partial charge is 0.461 e. The Morgan fingerprint density at radius 2 is 1.79 bits per heavy atom. The van der Waals surface area contributed by atoms with E-state index in [0.717, 1.165) is 0 Å². The van der Waals surface area contributed by atoms with Gasteiger partial charge in [-0.1, -0.05) is 13.8 Å². The molecule has 1 aliphatic carbocycles. The SMILES string of the molecule is CC(=O)OCC1=CO[C@H](OC(=O)CC(C)(C)OC(C)=O)[C@@H]2C1=C[C@@H](OC(=O)CC(C)C)[C@]21CO1. The quantitative estimate of drug-likeness (QED) is 0.276. The van der Waals surface area contributed by atoms with Crippen molar-refractivity contribution in [2.45, 2.75) is 78.0 Å². The van der Waals surface area contributed by atoms with E-state index in [1.165, 1.54) is 20.1 Å². The molecule has 1 spiro atoms. The minimum atomic E-state index is -1.07. The van der Waals surface area contributed by atoms with Crippen LogP contribution in [-0.2, 0) is 47.6 Å². The first kappa shape index (κ1) is 25.7. The van der Waals surface area contributed by atoms with Gasteiger partial charge in [-0.25, -0.2) is 0 Å². The Morgan fingerprint density at radius 1 is 1.12 bits per heavy atom. The molecule has 0 aromatic carbocycles. The number of carbonyl (C=O) groups excluding carboxylic acids is 4. The Hall–Kier alpha value is -2.88. The average Bonchev–Trinajstić information content (AvgIpc) is 3.39. The second-order valence-corrected chi connectivity index (χ2v) is 9.80. The molecule has 188 valence electrons. The Morgan fingerprint density at radius 3 is 2.35 bits per heavy atom. The summed E-state index contributed by atoms with van der Waals surface area (Å²) in [5.41, 5.74) is -0.770. The molecule has 3 rings (SSSR count). The van der Waals surface area contributed by atoms with Crippen LogP contribution in [0.25, 0.3) is 0 Å². The number of fused-ring (bicyclic) bond motifs is 2. The summed E-state index contributed by atoms with van der Waals surface area (Å²) in [7, 11) is 0. The van der Waals surface area contributed by atoms with Crippen molar-refractivity contribution in [2.75, 3.05) is 13.2 Å². The fraction of sp³-hybridized carbons (Fsp3) is 0.667. The van der Waals surface area contributed by atoms with Crippen molar-refractivity contribution < 1.29 is 47.6 Å². The molecule has 10 heteroatoms. The first-order chi connectivity index (χ1) is 15.8. The third-order valence-electron chi connectivity index (χ3n) is 5.64. The van der Waals surface area contributed by atoms with Crippen molar-refractivity contribution >= 4 is 23.9 Å². The summed E-state index contributed by atoms with van der Waals surface area (Å²) in [6, 6.07) is 0. The molecular weight excluding hydrogens is 448 g/mol. The summed E-state index contributed by atoms with van der Waals surface area (Å²) in [6.07, 6.45) is 1.40. The predicted octanol–water partition coefficient (Wildman–Crippen LogP) is 2.35. The molecule has 4 atom stereocenters. The monoisotopic (exact) mass is 480 g/mol. The minimum Gasteiger partial charge on any atom is -0.461 e. The van der Waals surface area contributed by atoms with E-state index in [1.807, 2.05) is 13.8 Å². The van der Waals surface area contributed by atoms with Gasteiger partial charge in [-0.2, -0.15) is 0 Å². The Labute approximate surface area is 198 Å². The molecule has 2 aliphatic heterocycles. The first-order valence-corrected chi connectivity index (χ1v) is 11.3. The lowest BCUT2D eigenvalue weighted by Crippen LogP contribution is -2.45. The Kier molecular flexibility index (Phi) is 7.40. The highest BCUT2D eigenvalue weighted by molar-refractivity contribution is 5.73. The van der Waals surface area contributed by atoms with Crippen molar-refractivity contribution in [1.29, 1.82) is 0 Å². The number of hydrogen-bond donors (Lipinski definition) is 0. The molecule has 0 bridgehead atoms. The summed E-state index contributed by atoms with van der Waals surface area (Å²) < 4.78 is 33.1. The number of carbonyl (C=O) groups is 4. The highest BCUT2D eigenvalue weighted by atomic mass is 16.7. The zero-order valence-electron chi connectivity index (χ0n) is 20.4. The lowest BCUT2D eigenvalue weighted by molar-refractivity contribution is -0.190. The topological polar surface area (TPSA) is 127 Å². The van der Waals surface area contributed by atoms with E-state index < -0.39 is 47.4 Å². The normalized spacial score (nSPS) is 27.2. The van der Waals surface area contributed by atoms with Crippen LogP contribution in [0, 0.1) is 11.8 Å². The molecule has 0 aromatic heterocycles. The third-order valence-corrected chi connectivity index (χ3v) is 5.64. The molecule has 2 heterocycles. The molecule has 3 aliphatic rings. The number of rotatable bonds is 9. The lowest BCUT2D eigenvalue weighted by Gasteiger charge is -2.34. The van der Waals surface area contributed by atoms with Gasteiger partial charge in [0.05, 0.1) is 25.2 Å². The van der Waals surface area contributed by atoms with Crippen LogP contribution in [0.2, 0.25) is 0 Å². The van der Waals surface area contributed by atoms with Gasteiger partial charge < -0.3 is 28.4 Å². The maximum atomic E-state index is 12.7. The standard InChI is InChI=1S/C24H32O10/c1-13(2)7-19(27)32-18-8-17-16(10-29-14(3)25)11-30-22(21(17)24(18)12-31-24)33-20(28)9-23(5,6)34-15(4)26/h8,11,13,18,21-22H,7,9-10,12H2,1-6H3/t18-,21+,22-,24-/m1/s1. The van der Waals surface area contributed by atoms with E-state index in [0.29, 0.717) is 11.1 Å². The van der Waals surface area contributed by atoms with E-state index >= 15 is 0 Å². The van der Waals surface area contributed by atoms with Crippen LogP contribution in [-0.4, -0.2) is 60.7 Å². The summed E-state index contributed by atoms with van der Waals surface area (Å²) in [5, 5.41) is 0. The molecule has 0 unspecified atom stereocenters. The molecule has 0 N–H and O–H groups in total. The molecule has 0 amide bonds. The van der Waals surface area contributed by atoms with Gasteiger partial charge in [-0.05, 0) is 31.4 Å². The lowest BCUT2D eigenvalue weighted by atomic mass is 9.85. The minimum absolute atomic E-state index is 0.0550. The molecule has 0 aromatic rings. The van der Waals surface area contributed by atoms with Gasteiger partial charge in [0.2, 0.25) is 0 Å². The van der Waals surface area contributed by atoms with E-state index in [4.69, 9.17) is 28.4 Å². The molecule has 0 radical (unpaired) electrons. The fourth-order valence-corrected chi connectivity index (χ4v) is 4.25. The van der Waals surface area contributed by atoms with E-state index in [1.54, 1.807) is 19.9 Å². The van der Waals surface area contributed by atoms with Crippen LogP contribution in [0.15, 0.2) is 23.5 Å². The zero-order chi connectivity index (χ0) is 25.3. The molecule has 1 saturated heterocycles. The van der Waals surface area contributed by atoms with Crippen LogP contribution < -0.4 is 0 Å². The van der Waals surface area contributed by atoms with Gasteiger partial charge >= 0.3 is 23.9 Å². The second kappa shape index (κ2) is 9.77. The number of ether oxygens (including phenoxy) is 6. The Bertz CT molecular complexity index is 909. The fourth-order valence-electron chi connectivity index (χ4n) is 4.25. The van der Waals surface area contributed by atoms with E-state index in [-0.39, 0.29) is 37.9 Å². The molecule has 1 fully saturated rings. The smallest absolute Gasteiger partial charge is 0.312 e. The molecular formula is C24H32O10. The van der Waals surface area contributed by atoms with Crippen LogP contribution in [0.4, 0.5) is 0 Å². The maximum Gasteiger partial charge on any atom is 0.312 e. The first-order valence-electron chi connectivity index (χ1n) is 11.3. The summed E-state index contributed by atoms with van der Waals surface area (Å²) in [6.45, 7) is 9.81. The highest BCUT2D eigenvalue weighted by Crippen LogP contribution is 2.54. The summed E-state index contributed by atoms with van der Waals surface area (Å²) in [5.74, 6) is -2.45. The number of hydrogen-bond acceptors (Lipinski definition) is 10. The van der Waals surface area contributed by atoms with Crippen molar-refractivity contribution in [3.63, 3.8) is 0 Å². The average molecular weight is 481 g/mol. The van der Waals surface area contributed by atoms with Crippen molar-refractivity contribution in [3.05, 3.63) is 23.5 Å². The van der Waals surface area contributed by atoms with Gasteiger partial charge in [0.25, 0.3) is 6.29 Å². The van der Waals surface area contributed by atoms with Crippen molar-refractivity contribution in [2.24, 2.45) is 11.8 Å². The Balaban J connectivity index is 1.81. The van der Waals surface area contributed by atoms with Crippen LogP contribution in [0.5, 0.6) is 0 Å². The van der Waals surface area contributed by atoms with Crippen LogP contribution in [0.3, 0.4) is 0 Å². The van der Waals surface area contributed by atoms with Crippen molar-refractivity contribution in [3.8, 4) is 0 Å². The van der Waals surface area contributed by atoms with Gasteiger partial charge in [-0.3, -0.25) is 19.2 Å². The molecule has 10 nitrogen and oxygen atoms in total. The number of esters is 4. The summed E-state index contributed by atoms with van der Waals surface area (Å²) >= 11 is 0. The molecule has 34 heavy (non-hydrogen) atoms. The zero-order valence-corrected chi connectivity index (χ0v) is 20.4. The third kappa shape index (κ3) is 5.97. The number of epoxide rings is 1.